The van der Waals surface area contributed by atoms with Gasteiger partial charge >= 0.3 is 0 Å². The number of likely N-dealkylation sites (tertiary alicyclic amines) is 1. The molecule has 1 fully saturated rings. The van der Waals surface area contributed by atoms with Gasteiger partial charge in [-0.1, -0.05) is 6.07 Å². The number of fused-ring (bicyclic) bond motifs is 2. The lowest BCUT2D eigenvalue weighted by atomic mass is 10.0. The van der Waals surface area contributed by atoms with Gasteiger partial charge in [-0.05, 0) is 79.0 Å². The minimum absolute atomic E-state index is 0.328. The van der Waals surface area contributed by atoms with Gasteiger partial charge in [0.1, 0.15) is 29.5 Å². The molecule has 7 rings (SSSR count). The number of aryl methyl sites for hydroxylation is 1. The van der Waals surface area contributed by atoms with Crippen molar-refractivity contribution in [2.45, 2.75) is 12.8 Å². The highest BCUT2D eigenvalue weighted by Crippen LogP contribution is 2.35. The molecule has 4 aromatic heterocycles. The van der Waals surface area contributed by atoms with Crippen LogP contribution < -0.4 is 4.74 Å². The summed E-state index contributed by atoms with van der Waals surface area (Å²) in [7, 11) is 1.91. The number of hydrogen-bond donors (Lipinski definition) is 2. The van der Waals surface area contributed by atoms with Gasteiger partial charge < -0.3 is 9.72 Å². The van der Waals surface area contributed by atoms with Crippen LogP contribution in [-0.4, -0.2) is 61.1 Å². The quantitative estimate of drug-likeness (QED) is 0.278. The largest absolute Gasteiger partial charge is 0.492 e. The Labute approximate surface area is 224 Å². The van der Waals surface area contributed by atoms with Crippen molar-refractivity contribution in [3.8, 4) is 39.4 Å². The fourth-order valence-corrected chi connectivity index (χ4v) is 5.48. The summed E-state index contributed by atoms with van der Waals surface area (Å²) in [6, 6.07) is 15.0. The fourth-order valence-electron chi connectivity index (χ4n) is 5.48. The summed E-state index contributed by atoms with van der Waals surface area (Å²) in [5, 5.41) is 13.9. The highest BCUT2D eigenvalue weighted by atomic mass is 19.1. The van der Waals surface area contributed by atoms with E-state index in [1.54, 1.807) is 16.9 Å². The lowest BCUT2D eigenvalue weighted by molar-refractivity contribution is 0.237. The normalized spacial score (nSPS) is 14.1. The molecule has 1 saturated heterocycles. The first-order valence-corrected chi connectivity index (χ1v) is 13.2. The van der Waals surface area contributed by atoms with Gasteiger partial charge in [0, 0.05) is 48.4 Å². The number of ether oxygens (including phenoxy) is 1. The minimum Gasteiger partial charge on any atom is -0.492 e. The number of benzene rings is 2. The van der Waals surface area contributed by atoms with Crippen molar-refractivity contribution in [1.29, 1.82) is 0 Å². The molecule has 5 heterocycles. The monoisotopic (exact) mass is 521 g/mol. The van der Waals surface area contributed by atoms with Crippen molar-refractivity contribution in [3.05, 3.63) is 72.9 Å². The van der Waals surface area contributed by atoms with Gasteiger partial charge in [-0.25, -0.2) is 9.37 Å². The summed E-state index contributed by atoms with van der Waals surface area (Å²) in [5.41, 5.74) is 7.00. The number of nitrogens with one attached hydrogen (secondary N) is 2. The summed E-state index contributed by atoms with van der Waals surface area (Å²) in [4.78, 5) is 10.3. The first kappa shape index (κ1) is 23.6. The van der Waals surface area contributed by atoms with E-state index in [-0.39, 0.29) is 5.82 Å². The van der Waals surface area contributed by atoms with E-state index in [1.165, 1.54) is 18.9 Å². The Hall–Kier alpha value is -4.50. The highest BCUT2D eigenvalue weighted by Gasteiger charge is 2.16. The predicted molar refractivity (Wildman–Crippen MR) is 150 cm³/mol. The van der Waals surface area contributed by atoms with Crippen LogP contribution in [-0.2, 0) is 7.05 Å². The van der Waals surface area contributed by atoms with Crippen molar-refractivity contribution >= 4 is 21.9 Å². The van der Waals surface area contributed by atoms with Gasteiger partial charge in [-0.15, -0.1) is 0 Å². The zero-order chi connectivity index (χ0) is 26.3. The number of hydrogen-bond acceptors (Lipinski definition) is 5. The number of aromatic nitrogens is 6. The molecule has 9 heteroatoms. The molecule has 6 aromatic rings. The van der Waals surface area contributed by atoms with Gasteiger partial charge in [0.05, 0.1) is 17.4 Å². The summed E-state index contributed by atoms with van der Waals surface area (Å²) in [6.07, 6.45) is 8.05. The van der Waals surface area contributed by atoms with Crippen LogP contribution in [0.5, 0.6) is 5.75 Å². The molecule has 0 spiro atoms. The zero-order valence-corrected chi connectivity index (χ0v) is 21.6. The third kappa shape index (κ3) is 4.55. The van der Waals surface area contributed by atoms with E-state index in [9.17, 15) is 4.39 Å². The highest BCUT2D eigenvalue weighted by molar-refractivity contribution is 6.00. The van der Waals surface area contributed by atoms with Crippen LogP contribution in [0.25, 0.3) is 55.6 Å². The van der Waals surface area contributed by atoms with Gasteiger partial charge in [-0.2, -0.15) is 10.2 Å². The SMILES string of the molecule is Cn1cc(-c2ccc3[nH]nc(-c4cc5c(-c6cc(F)cc(OCCN7CCCC7)c6)ccnc5[nH]4)c3c2)cn1. The van der Waals surface area contributed by atoms with E-state index in [4.69, 9.17) is 4.74 Å². The average Bonchev–Trinajstić information content (AvgIpc) is 3.74. The Bertz CT molecular complexity index is 1790. The molecule has 8 nitrogen and oxygen atoms in total. The molecule has 1 aliphatic rings. The Morgan fingerprint density at radius 3 is 2.72 bits per heavy atom. The smallest absolute Gasteiger partial charge is 0.138 e. The second-order valence-electron chi connectivity index (χ2n) is 10.1. The van der Waals surface area contributed by atoms with E-state index >= 15 is 0 Å². The molecule has 0 saturated carbocycles. The lowest BCUT2D eigenvalue weighted by Crippen LogP contribution is -2.25. The molecule has 1 aliphatic heterocycles. The van der Waals surface area contributed by atoms with Crippen molar-refractivity contribution in [2.24, 2.45) is 7.05 Å². The Morgan fingerprint density at radius 2 is 1.87 bits per heavy atom. The number of rotatable bonds is 7. The maximum absolute atomic E-state index is 14.7. The zero-order valence-electron chi connectivity index (χ0n) is 21.6. The average molecular weight is 522 g/mol. The molecule has 0 bridgehead atoms. The van der Waals surface area contributed by atoms with Crippen LogP contribution in [0, 0.1) is 5.82 Å². The minimum atomic E-state index is -0.328. The van der Waals surface area contributed by atoms with E-state index in [1.807, 2.05) is 43.7 Å². The molecule has 196 valence electrons. The maximum Gasteiger partial charge on any atom is 0.138 e. The van der Waals surface area contributed by atoms with Crippen LogP contribution >= 0.6 is 0 Å². The molecule has 39 heavy (non-hydrogen) atoms. The Balaban J connectivity index is 1.23. The van der Waals surface area contributed by atoms with Crippen LogP contribution in [0.4, 0.5) is 4.39 Å². The third-order valence-corrected chi connectivity index (χ3v) is 7.45. The molecule has 0 unspecified atom stereocenters. The molecule has 0 radical (unpaired) electrons. The summed E-state index contributed by atoms with van der Waals surface area (Å²) >= 11 is 0. The second kappa shape index (κ2) is 9.67. The second-order valence-corrected chi connectivity index (χ2v) is 10.1. The molecular weight excluding hydrogens is 493 g/mol. The van der Waals surface area contributed by atoms with Crippen molar-refractivity contribution in [2.75, 3.05) is 26.2 Å². The molecule has 0 amide bonds. The lowest BCUT2D eigenvalue weighted by Gasteiger charge is -2.15. The van der Waals surface area contributed by atoms with Crippen LogP contribution in [0.1, 0.15) is 12.8 Å². The van der Waals surface area contributed by atoms with Crippen LogP contribution in [0.3, 0.4) is 0 Å². The van der Waals surface area contributed by atoms with Crippen LogP contribution in [0.2, 0.25) is 0 Å². The van der Waals surface area contributed by atoms with E-state index in [0.717, 1.165) is 69.6 Å². The first-order valence-electron chi connectivity index (χ1n) is 13.2. The number of H-pyrrole nitrogens is 2. The molecule has 2 N–H and O–H groups in total. The van der Waals surface area contributed by atoms with Gasteiger partial charge in [0.2, 0.25) is 0 Å². The van der Waals surface area contributed by atoms with Crippen molar-refractivity contribution < 1.29 is 9.13 Å². The Kier molecular flexibility index (Phi) is 5.85. The molecule has 0 atom stereocenters. The van der Waals surface area contributed by atoms with Gasteiger partial charge in [0.25, 0.3) is 0 Å². The van der Waals surface area contributed by atoms with E-state index in [0.29, 0.717) is 18.0 Å². The third-order valence-electron chi connectivity index (χ3n) is 7.45. The maximum atomic E-state index is 14.7. The standard InChI is InChI=1S/C30H28FN7O/c1-37-18-21(17-33-37)19-4-5-27-26(14-19)29(36-35-27)28-16-25-24(6-7-32-30(25)34-28)20-12-22(31)15-23(13-20)39-11-10-38-8-2-3-9-38/h4-7,12-18H,2-3,8-11H2,1H3,(H,32,34)(H,35,36). The molecular formula is C30H28FN7O. The van der Waals surface area contributed by atoms with Gasteiger partial charge in [-0.3, -0.25) is 14.7 Å². The van der Waals surface area contributed by atoms with E-state index in [2.05, 4.69) is 42.3 Å². The number of nitrogens with zero attached hydrogens (tertiary/aromatic N) is 5. The van der Waals surface area contributed by atoms with Crippen molar-refractivity contribution in [1.82, 2.24) is 34.8 Å². The topological polar surface area (TPSA) is 87.7 Å². The van der Waals surface area contributed by atoms with Crippen molar-refractivity contribution in [3.63, 3.8) is 0 Å². The van der Waals surface area contributed by atoms with Crippen LogP contribution in [0.15, 0.2) is 67.1 Å². The molecule has 2 aromatic carbocycles. The van der Waals surface area contributed by atoms with E-state index < -0.39 is 0 Å². The predicted octanol–water partition coefficient (Wildman–Crippen LogP) is 5.79. The summed E-state index contributed by atoms with van der Waals surface area (Å²) in [6.45, 7) is 3.61. The summed E-state index contributed by atoms with van der Waals surface area (Å²) < 4.78 is 22.4. The number of halogens is 1. The molecule has 0 aliphatic carbocycles. The number of aromatic amines is 2. The first-order chi connectivity index (χ1) is 19.1. The summed E-state index contributed by atoms with van der Waals surface area (Å²) in [5.74, 6) is 0.205. The Morgan fingerprint density at radius 1 is 0.974 bits per heavy atom. The van der Waals surface area contributed by atoms with Gasteiger partial charge in [0.15, 0.2) is 0 Å². The fraction of sp³-hybridized carbons (Fsp3) is 0.233. The number of pyridine rings is 1.